The Bertz CT molecular complexity index is 867. The summed E-state index contributed by atoms with van der Waals surface area (Å²) in [5.41, 5.74) is 3.13. The Morgan fingerprint density at radius 1 is 1.19 bits per heavy atom. The summed E-state index contributed by atoms with van der Waals surface area (Å²) in [5, 5.41) is 11.9. The van der Waals surface area contributed by atoms with Crippen molar-refractivity contribution in [2.24, 2.45) is 0 Å². The molecule has 0 aliphatic heterocycles. The van der Waals surface area contributed by atoms with E-state index < -0.39 is 0 Å². The molecule has 0 atom stereocenters. The van der Waals surface area contributed by atoms with E-state index in [0.717, 1.165) is 42.6 Å². The van der Waals surface area contributed by atoms with Crippen molar-refractivity contribution in [1.82, 2.24) is 15.2 Å². The fourth-order valence-corrected chi connectivity index (χ4v) is 4.79. The van der Waals surface area contributed by atoms with E-state index in [4.69, 9.17) is 4.74 Å². The second kappa shape index (κ2) is 8.79. The number of esters is 1. The van der Waals surface area contributed by atoms with Crippen LogP contribution >= 0.6 is 23.1 Å². The molecule has 27 heavy (non-hydrogen) atoms. The second-order valence-electron chi connectivity index (χ2n) is 6.24. The third kappa shape index (κ3) is 4.65. The fourth-order valence-electron chi connectivity index (χ4n) is 2.86. The van der Waals surface area contributed by atoms with Crippen LogP contribution in [0.15, 0.2) is 5.16 Å². The third-order valence-electron chi connectivity index (χ3n) is 4.31. The average Bonchev–Trinajstić information content (AvgIpc) is 3.00. The topological polar surface area (TPSA) is 94.1 Å². The van der Waals surface area contributed by atoms with Crippen molar-refractivity contribution in [3.63, 3.8) is 0 Å². The molecule has 0 spiro atoms. The molecule has 0 bridgehead atoms. The predicted octanol–water partition coefficient (Wildman–Crippen LogP) is 3.34. The summed E-state index contributed by atoms with van der Waals surface area (Å²) in [5.74, 6) is -0.415. The second-order valence-corrected chi connectivity index (χ2v) is 8.29. The van der Waals surface area contributed by atoms with Crippen LogP contribution in [-0.2, 0) is 22.4 Å². The van der Waals surface area contributed by atoms with Crippen LogP contribution in [0.4, 0.5) is 5.00 Å². The van der Waals surface area contributed by atoms with Gasteiger partial charge in [0.1, 0.15) is 5.00 Å². The van der Waals surface area contributed by atoms with Crippen LogP contribution in [0.5, 0.6) is 0 Å². The third-order valence-corrected chi connectivity index (χ3v) is 6.35. The molecule has 0 saturated carbocycles. The molecule has 1 N–H and O–H groups in total. The minimum absolute atomic E-state index is 0.148. The zero-order chi connectivity index (χ0) is 19.4. The number of amides is 1. The smallest absolute Gasteiger partial charge is 0.341 e. The summed E-state index contributed by atoms with van der Waals surface area (Å²) in [6.45, 7) is 5.79. The minimum Gasteiger partial charge on any atom is -0.462 e. The maximum absolute atomic E-state index is 12.4. The number of aromatic nitrogens is 3. The van der Waals surface area contributed by atoms with Gasteiger partial charge in [-0.1, -0.05) is 11.8 Å². The van der Waals surface area contributed by atoms with Gasteiger partial charge in [0.15, 0.2) is 0 Å². The molecule has 0 saturated heterocycles. The Morgan fingerprint density at radius 3 is 2.70 bits per heavy atom. The van der Waals surface area contributed by atoms with Crippen molar-refractivity contribution in [3.8, 4) is 0 Å². The molecular formula is C18H22N4O3S2. The summed E-state index contributed by atoms with van der Waals surface area (Å²) >= 11 is 2.71. The van der Waals surface area contributed by atoms with E-state index in [0.29, 0.717) is 22.3 Å². The molecule has 2 aromatic rings. The van der Waals surface area contributed by atoms with Gasteiger partial charge in [0, 0.05) is 4.88 Å². The van der Waals surface area contributed by atoms with Gasteiger partial charge in [0.25, 0.3) is 0 Å². The molecule has 0 unspecified atom stereocenters. The van der Waals surface area contributed by atoms with Gasteiger partial charge >= 0.3 is 5.97 Å². The highest BCUT2D eigenvalue weighted by Crippen LogP contribution is 2.38. The van der Waals surface area contributed by atoms with Crippen molar-refractivity contribution >= 4 is 40.0 Å². The first-order valence-electron chi connectivity index (χ1n) is 8.91. The lowest BCUT2D eigenvalue weighted by atomic mass is 9.95. The molecule has 144 valence electrons. The van der Waals surface area contributed by atoms with Crippen molar-refractivity contribution in [1.29, 1.82) is 0 Å². The van der Waals surface area contributed by atoms with Crippen molar-refractivity contribution < 1.29 is 14.3 Å². The van der Waals surface area contributed by atoms with E-state index in [1.807, 2.05) is 13.8 Å². The van der Waals surface area contributed by atoms with Crippen LogP contribution in [0.1, 0.15) is 52.0 Å². The number of carbonyl (C=O) groups is 2. The molecular weight excluding hydrogens is 384 g/mol. The van der Waals surface area contributed by atoms with Gasteiger partial charge in [-0.05, 0) is 52.0 Å². The number of aryl methyl sites for hydroxylation is 3. The largest absolute Gasteiger partial charge is 0.462 e. The van der Waals surface area contributed by atoms with Crippen LogP contribution in [-0.4, -0.2) is 39.4 Å². The molecule has 7 nitrogen and oxygen atoms in total. The van der Waals surface area contributed by atoms with E-state index in [2.05, 4.69) is 20.5 Å². The molecule has 2 aromatic heterocycles. The van der Waals surface area contributed by atoms with Crippen molar-refractivity contribution in [2.45, 2.75) is 51.6 Å². The van der Waals surface area contributed by atoms with Gasteiger partial charge in [0.05, 0.1) is 29.3 Å². The number of carbonyl (C=O) groups excluding carboxylic acids is 2. The number of thiophene rings is 1. The number of thioether (sulfide) groups is 1. The number of nitrogens with one attached hydrogen (secondary N) is 1. The summed E-state index contributed by atoms with van der Waals surface area (Å²) in [6, 6.07) is 0. The first-order valence-corrected chi connectivity index (χ1v) is 10.7. The lowest BCUT2D eigenvalue weighted by molar-refractivity contribution is -0.113. The Morgan fingerprint density at radius 2 is 1.96 bits per heavy atom. The Kier molecular flexibility index (Phi) is 6.43. The summed E-state index contributed by atoms with van der Waals surface area (Å²) in [6.07, 6.45) is 3.96. The Hall–Kier alpha value is -2.00. The molecule has 9 heteroatoms. The Labute approximate surface area is 166 Å². The monoisotopic (exact) mass is 406 g/mol. The van der Waals surface area contributed by atoms with Gasteiger partial charge < -0.3 is 10.1 Å². The summed E-state index contributed by atoms with van der Waals surface area (Å²) in [4.78, 5) is 30.3. The number of hydrogen-bond donors (Lipinski definition) is 1. The van der Waals surface area contributed by atoms with Crippen molar-refractivity contribution in [3.05, 3.63) is 27.4 Å². The fraction of sp³-hybridized carbons (Fsp3) is 0.500. The van der Waals surface area contributed by atoms with Crippen LogP contribution in [0.25, 0.3) is 0 Å². The van der Waals surface area contributed by atoms with Gasteiger partial charge in [-0.25, -0.2) is 9.78 Å². The SMILES string of the molecule is CCOC(=O)c1c(NC(=O)CSc2nnc(C)c(C)n2)sc2c1CCCC2. The maximum Gasteiger partial charge on any atom is 0.341 e. The Balaban J connectivity index is 1.72. The number of fused-ring (bicyclic) bond motifs is 1. The van der Waals surface area contributed by atoms with E-state index in [1.54, 1.807) is 6.92 Å². The highest BCUT2D eigenvalue weighted by molar-refractivity contribution is 7.99. The lowest BCUT2D eigenvalue weighted by Gasteiger charge is -2.12. The van der Waals surface area contributed by atoms with Crippen LogP contribution in [0, 0.1) is 13.8 Å². The number of hydrogen-bond acceptors (Lipinski definition) is 8. The highest BCUT2D eigenvalue weighted by Gasteiger charge is 2.27. The number of anilines is 1. The molecule has 3 rings (SSSR count). The molecule has 0 fully saturated rings. The van der Waals surface area contributed by atoms with Crippen LogP contribution in [0.2, 0.25) is 0 Å². The van der Waals surface area contributed by atoms with E-state index in [1.165, 1.54) is 28.0 Å². The standard InChI is InChI=1S/C18H22N4O3S2/c1-4-25-17(24)15-12-7-5-6-8-13(12)27-16(15)20-14(23)9-26-18-19-10(2)11(3)21-22-18/h4-9H2,1-3H3,(H,20,23). The predicted molar refractivity (Wildman–Crippen MR) is 106 cm³/mol. The normalized spacial score (nSPS) is 13.1. The van der Waals surface area contributed by atoms with Gasteiger partial charge in [-0.3, -0.25) is 4.79 Å². The van der Waals surface area contributed by atoms with Gasteiger partial charge in [-0.15, -0.1) is 16.4 Å². The zero-order valence-electron chi connectivity index (χ0n) is 15.6. The average molecular weight is 407 g/mol. The molecule has 1 aliphatic rings. The van der Waals surface area contributed by atoms with E-state index >= 15 is 0 Å². The molecule has 1 amide bonds. The lowest BCUT2D eigenvalue weighted by Crippen LogP contribution is -2.17. The maximum atomic E-state index is 12.4. The number of ether oxygens (including phenoxy) is 1. The van der Waals surface area contributed by atoms with Crippen LogP contribution in [0.3, 0.4) is 0 Å². The first kappa shape index (κ1) is 19.8. The summed E-state index contributed by atoms with van der Waals surface area (Å²) < 4.78 is 5.21. The molecule has 0 aromatic carbocycles. The zero-order valence-corrected chi connectivity index (χ0v) is 17.3. The molecule has 1 aliphatic carbocycles. The van der Waals surface area contributed by atoms with E-state index in [-0.39, 0.29) is 17.6 Å². The molecule has 0 radical (unpaired) electrons. The number of rotatable bonds is 6. The minimum atomic E-state index is -0.360. The quantitative estimate of drug-likeness (QED) is 0.581. The highest BCUT2D eigenvalue weighted by atomic mass is 32.2. The van der Waals surface area contributed by atoms with Gasteiger partial charge in [-0.2, -0.15) is 5.10 Å². The van der Waals surface area contributed by atoms with Crippen molar-refractivity contribution in [2.75, 3.05) is 17.7 Å². The first-order chi connectivity index (χ1) is 13.0. The van der Waals surface area contributed by atoms with Gasteiger partial charge in [0.2, 0.25) is 11.1 Å². The summed E-state index contributed by atoms with van der Waals surface area (Å²) in [7, 11) is 0. The molecule has 2 heterocycles. The van der Waals surface area contributed by atoms with Crippen LogP contribution < -0.4 is 5.32 Å². The number of nitrogens with zero attached hydrogens (tertiary/aromatic N) is 3. The van der Waals surface area contributed by atoms with E-state index in [9.17, 15) is 9.59 Å².